The summed E-state index contributed by atoms with van der Waals surface area (Å²) in [5.74, 6) is -0.834. The molecule has 3 aromatic rings. The Kier molecular flexibility index (Phi) is 8.41. The van der Waals surface area contributed by atoms with Crippen molar-refractivity contribution in [1.29, 1.82) is 0 Å². The van der Waals surface area contributed by atoms with Gasteiger partial charge in [-0.1, -0.05) is 11.6 Å². The van der Waals surface area contributed by atoms with Gasteiger partial charge in [-0.2, -0.15) is 13.2 Å². The first-order chi connectivity index (χ1) is 19.1. The smallest absolute Gasteiger partial charge is 0.379 e. The van der Waals surface area contributed by atoms with Gasteiger partial charge in [0.25, 0.3) is 5.91 Å². The number of aromatic nitrogens is 3. The number of amides is 1. The molecule has 1 aromatic carbocycles. The van der Waals surface area contributed by atoms with Gasteiger partial charge in [0.1, 0.15) is 5.82 Å². The molecular weight excluding hydrogens is 549 g/mol. The Morgan fingerprint density at radius 3 is 2.42 bits per heavy atom. The summed E-state index contributed by atoms with van der Waals surface area (Å²) >= 11 is 6.50. The minimum atomic E-state index is -4.64. The number of halogens is 4. The van der Waals surface area contributed by atoms with Crippen LogP contribution in [0, 0.1) is 0 Å². The third-order valence-electron chi connectivity index (χ3n) is 7.03. The number of hydrogen-bond donors (Lipinski definition) is 1. The number of nitrogens with one attached hydrogen (secondary N) is 1. The van der Waals surface area contributed by atoms with E-state index in [1.807, 2.05) is 30.9 Å². The van der Waals surface area contributed by atoms with Crippen LogP contribution in [0.4, 0.5) is 19.0 Å². The Hall–Kier alpha value is -3.06. The number of fused-ring (bicyclic) bond motifs is 1. The molecule has 2 fully saturated rings. The summed E-state index contributed by atoms with van der Waals surface area (Å²) in [4.78, 5) is 29.5. The Balaban J connectivity index is 1.38. The van der Waals surface area contributed by atoms with E-state index < -0.39 is 23.9 Å². The average Bonchev–Trinajstić information content (AvgIpc) is 2.92. The average molecular weight is 579 g/mol. The number of benzene rings is 1. The Labute approximate surface area is 234 Å². The van der Waals surface area contributed by atoms with E-state index in [4.69, 9.17) is 26.1 Å². The lowest BCUT2D eigenvalue weighted by atomic mass is 10.1. The van der Waals surface area contributed by atoms with E-state index in [0.717, 1.165) is 18.2 Å². The van der Waals surface area contributed by atoms with Gasteiger partial charge in [-0.25, -0.2) is 15.0 Å². The lowest BCUT2D eigenvalue weighted by Gasteiger charge is -2.36. The molecule has 2 saturated heterocycles. The number of carbonyl (C=O) groups is 1. The molecule has 0 aliphatic carbocycles. The van der Waals surface area contributed by atoms with Crippen LogP contribution >= 0.6 is 11.6 Å². The lowest BCUT2D eigenvalue weighted by molar-refractivity contribution is -0.145. The standard InChI is InChI=1S/C27H30ClF3N6O3/c1-16-14-37(15-17(2)40-16)23-6-3-19-21(35-23)5-4-20(28)24(19)25(38)32-13-22(36-7-9-39-10-8-36)18-11-33-26(34-12-18)27(29,30)31/h3-6,11-12,16-17,22H,7-10,13-15H2,1-2H3,(H,32,38)/t16-,17+,22?. The topological polar surface area (TPSA) is 92.7 Å². The number of morpholine rings is 2. The maximum Gasteiger partial charge on any atom is 0.451 e. The zero-order chi connectivity index (χ0) is 28.4. The van der Waals surface area contributed by atoms with Gasteiger partial charge in [0.15, 0.2) is 0 Å². The summed E-state index contributed by atoms with van der Waals surface area (Å²) in [7, 11) is 0. The quantitative estimate of drug-likeness (QED) is 0.467. The molecule has 9 nitrogen and oxygen atoms in total. The Morgan fingerprint density at radius 2 is 1.77 bits per heavy atom. The van der Waals surface area contributed by atoms with Gasteiger partial charge >= 0.3 is 6.18 Å². The number of alkyl halides is 3. The van der Waals surface area contributed by atoms with Crippen LogP contribution in [0.5, 0.6) is 0 Å². The van der Waals surface area contributed by atoms with Crippen LogP contribution in [0.1, 0.15) is 41.6 Å². The van der Waals surface area contributed by atoms with Crippen LogP contribution in [-0.4, -0.2) is 83.9 Å². The normalized spacial score (nSPS) is 21.4. The van der Waals surface area contributed by atoms with Crippen LogP contribution in [-0.2, 0) is 15.7 Å². The second kappa shape index (κ2) is 11.8. The van der Waals surface area contributed by atoms with Gasteiger partial charge < -0.3 is 19.7 Å². The minimum absolute atomic E-state index is 0.0716. The zero-order valence-electron chi connectivity index (χ0n) is 22.1. The molecule has 1 N–H and O–H groups in total. The lowest BCUT2D eigenvalue weighted by Crippen LogP contribution is -2.45. The van der Waals surface area contributed by atoms with Gasteiger partial charge in [0, 0.05) is 56.1 Å². The highest BCUT2D eigenvalue weighted by molar-refractivity contribution is 6.35. The molecule has 0 bridgehead atoms. The summed E-state index contributed by atoms with van der Waals surface area (Å²) in [6, 6.07) is 6.67. The molecule has 2 aliphatic rings. The maximum absolute atomic E-state index is 13.5. The van der Waals surface area contributed by atoms with E-state index in [2.05, 4.69) is 20.2 Å². The van der Waals surface area contributed by atoms with Crippen molar-refractivity contribution in [3.63, 3.8) is 0 Å². The highest BCUT2D eigenvalue weighted by atomic mass is 35.5. The molecule has 5 rings (SSSR count). The van der Waals surface area contributed by atoms with E-state index in [1.165, 1.54) is 0 Å². The number of carbonyl (C=O) groups excluding carboxylic acids is 1. The molecule has 2 aliphatic heterocycles. The Bertz CT molecular complexity index is 1340. The van der Waals surface area contributed by atoms with Crippen molar-refractivity contribution in [3.05, 3.63) is 58.6 Å². The van der Waals surface area contributed by atoms with E-state index in [0.29, 0.717) is 55.9 Å². The number of anilines is 1. The molecule has 0 radical (unpaired) electrons. The monoisotopic (exact) mass is 578 g/mol. The zero-order valence-corrected chi connectivity index (χ0v) is 22.9. The predicted molar refractivity (Wildman–Crippen MR) is 143 cm³/mol. The summed E-state index contributed by atoms with van der Waals surface area (Å²) in [5, 5.41) is 3.80. The molecule has 0 spiro atoms. The van der Waals surface area contributed by atoms with Gasteiger partial charge in [-0.3, -0.25) is 9.69 Å². The fourth-order valence-corrected chi connectivity index (χ4v) is 5.47. The van der Waals surface area contributed by atoms with E-state index in [-0.39, 0.29) is 29.3 Å². The van der Waals surface area contributed by atoms with Crippen molar-refractivity contribution in [2.75, 3.05) is 50.8 Å². The number of rotatable bonds is 6. The second-order valence-electron chi connectivity index (χ2n) is 10.0. The van der Waals surface area contributed by atoms with Crippen molar-refractivity contribution in [1.82, 2.24) is 25.2 Å². The molecule has 1 amide bonds. The van der Waals surface area contributed by atoms with E-state index in [1.54, 1.807) is 12.1 Å². The van der Waals surface area contributed by atoms with Crippen LogP contribution in [0.15, 0.2) is 36.7 Å². The van der Waals surface area contributed by atoms with E-state index in [9.17, 15) is 18.0 Å². The largest absolute Gasteiger partial charge is 0.451 e. The highest BCUT2D eigenvalue weighted by Crippen LogP contribution is 2.30. The highest BCUT2D eigenvalue weighted by Gasteiger charge is 2.35. The van der Waals surface area contributed by atoms with Gasteiger partial charge in [-0.15, -0.1) is 0 Å². The first-order valence-electron chi connectivity index (χ1n) is 13.1. The molecule has 1 unspecified atom stereocenters. The van der Waals surface area contributed by atoms with Crippen molar-refractivity contribution >= 4 is 34.2 Å². The van der Waals surface area contributed by atoms with Gasteiger partial charge in [0.2, 0.25) is 5.82 Å². The molecule has 0 saturated carbocycles. The van der Waals surface area contributed by atoms with Crippen LogP contribution < -0.4 is 10.2 Å². The summed E-state index contributed by atoms with van der Waals surface area (Å²) in [6.45, 7) is 7.59. The molecule has 214 valence electrons. The van der Waals surface area contributed by atoms with Crippen LogP contribution in [0.2, 0.25) is 5.02 Å². The number of hydrogen-bond acceptors (Lipinski definition) is 8. The first kappa shape index (κ1) is 28.5. The van der Waals surface area contributed by atoms with Crippen molar-refractivity contribution in [2.24, 2.45) is 0 Å². The second-order valence-corrected chi connectivity index (χ2v) is 10.4. The van der Waals surface area contributed by atoms with Crippen LogP contribution in [0.3, 0.4) is 0 Å². The van der Waals surface area contributed by atoms with Crippen molar-refractivity contribution in [3.8, 4) is 0 Å². The number of nitrogens with zero attached hydrogens (tertiary/aromatic N) is 5. The van der Waals surface area contributed by atoms with Gasteiger partial charge in [0.05, 0.1) is 47.6 Å². The fraction of sp³-hybridized carbons (Fsp3) is 0.481. The van der Waals surface area contributed by atoms with Crippen molar-refractivity contribution in [2.45, 2.75) is 38.3 Å². The SMILES string of the molecule is C[C@@H]1CN(c2ccc3c(C(=O)NCC(c4cnc(C(F)(F)F)nc4)N4CCOCC4)c(Cl)ccc3n2)C[C@H](C)O1. The summed E-state index contributed by atoms with van der Waals surface area (Å²) in [5.41, 5.74) is 1.37. The van der Waals surface area contributed by atoms with Crippen LogP contribution in [0.25, 0.3) is 10.9 Å². The first-order valence-corrected chi connectivity index (χ1v) is 13.5. The molecule has 3 atom stereocenters. The summed E-state index contributed by atoms with van der Waals surface area (Å²) < 4.78 is 50.3. The third-order valence-corrected chi connectivity index (χ3v) is 7.34. The maximum atomic E-state index is 13.5. The fourth-order valence-electron chi connectivity index (χ4n) is 5.22. The molecule has 40 heavy (non-hydrogen) atoms. The Morgan fingerprint density at radius 1 is 1.10 bits per heavy atom. The number of ether oxygens (including phenoxy) is 2. The van der Waals surface area contributed by atoms with E-state index >= 15 is 0 Å². The molecule has 4 heterocycles. The third kappa shape index (κ3) is 6.30. The van der Waals surface area contributed by atoms with Crippen molar-refractivity contribution < 1.29 is 27.4 Å². The molecule has 13 heteroatoms. The van der Waals surface area contributed by atoms with Gasteiger partial charge in [-0.05, 0) is 38.1 Å². The predicted octanol–water partition coefficient (Wildman–Crippen LogP) is 4.11. The molecular formula is C27H30ClF3N6O3. The summed E-state index contributed by atoms with van der Waals surface area (Å²) in [6.07, 6.45) is -2.18. The number of pyridine rings is 1. The molecule has 2 aromatic heterocycles. The minimum Gasteiger partial charge on any atom is -0.379 e.